The highest BCUT2D eigenvalue weighted by molar-refractivity contribution is 5.97. The molecule has 12 nitrogen and oxygen atoms in total. The van der Waals surface area contributed by atoms with Crippen molar-refractivity contribution in [3.8, 4) is 0 Å². The van der Waals surface area contributed by atoms with Crippen LogP contribution >= 0.6 is 0 Å². The number of aliphatic carboxylic acids is 1. The zero-order valence-electron chi connectivity index (χ0n) is 59.9. The van der Waals surface area contributed by atoms with E-state index in [1.54, 1.807) is 94.7 Å². The van der Waals surface area contributed by atoms with Crippen LogP contribution in [0.4, 0.5) is 22.0 Å². The summed E-state index contributed by atoms with van der Waals surface area (Å²) in [5.74, 6) is -4.20. The summed E-state index contributed by atoms with van der Waals surface area (Å²) in [6.07, 6.45) is 13.5. The second-order valence-corrected chi connectivity index (χ2v) is 27.1. The maximum atomic E-state index is 14.0. The summed E-state index contributed by atoms with van der Waals surface area (Å²) >= 11 is 0. The molecule has 17 heteroatoms. The second kappa shape index (κ2) is 33.2. The highest BCUT2D eigenvalue weighted by Crippen LogP contribution is 2.49. The van der Waals surface area contributed by atoms with E-state index in [1.807, 2.05) is 128 Å². The number of rotatable bonds is 13. The fourth-order valence-corrected chi connectivity index (χ4v) is 15.4. The van der Waals surface area contributed by atoms with Gasteiger partial charge in [0.15, 0.2) is 0 Å². The van der Waals surface area contributed by atoms with Gasteiger partial charge in [0, 0.05) is 12.8 Å². The van der Waals surface area contributed by atoms with Gasteiger partial charge in [0.25, 0.3) is 5.91 Å². The number of ether oxygens (including phenoxy) is 3. The van der Waals surface area contributed by atoms with Gasteiger partial charge in [-0.3, -0.25) is 34.0 Å². The molecule has 104 heavy (non-hydrogen) atoms. The molecule has 0 bridgehead atoms. The van der Waals surface area contributed by atoms with Crippen molar-refractivity contribution in [2.45, 2.75) is 139 Å². The highest BCUT2D eigenvalue weighted by atomic mass is 19.1. The third-order valence-electron chi connectivity index (χ3n) is 21.1. The normalized spacial score (nSPS) is 21.3. The van der Waals surface area contributed by atoms with Gasteiger partial charge in [-0.15, -0.1) is 0 Å². The van der Waals surface area contributed by atoms with Crippen molar-refractivity contribution in [2.75, 3.05) is 21.3 Å². The number of halogens is 5. The maximum absolute atomic E-state index is 14.0. The first kappa shape index (κ1) is 77.5. The quantitative estimate of drug-likeness (QED) is 0.0249. The summed E-state index contributed by atoms with van der Waals surface area (Å²) in [6, 6.07) is 53.2. The Morgan fingerprint density at radius 2 is 0.673 bits per heavy atom. The van der Waals surface area contributed by atoms with Gasteiger partial charge in [-0.2, -0.15) is 0 Å². The molecular formula is C87H86F5NO11. The van der Waals surface area contributed by atoms with Crippen LogP contribution in [0.25, 0.3) is 16.7 Å². The largest absolute Gasteiger partial charge is 0.480 e. The molecule has 0 saturated heterocycles. The standard InChI is InChI=1S/C20H19FO2.C19H18FNO2.C19H17FO2.C15H17FO2.C14H15FO3/c1-14-17(9-6-10-18(14)21)20(19(22)23-2)12-11-16(13-20)15-7-4-3-5-8-15;1-13-16(8-5-9-17(13)20)19(18(22)21-23)11-10-15(12-19)14-6-3-2-4-7-14;1-13-16(8-5-9-17(13)20)19(18(21)22)11-10-15(12-19)14-6-3-2-4-7-14;1-10-7-8-15(9-10,14(17)18-3)12-5-4-6-13(16)11(12)2;1-9-11(4-3-5-12(9)15)14(13(17)18-2)7-6-10(16)8-14/h3-10,13H,11-12H2,1-2H3;2-9,12,23H,10-11H2,1H3,(H,21,22);2-9,12H,10-11H2,1H3,(H,21,22);4-6,9H,7-8H2,1-3H3;3-5H,6-8H2,1-2H3/t20-;2*19-;15-;14-/m00000/s1. The minimum atomic E-state index is -1.14. The summed E-state index contributed by atoms with van der Waals surface area (Å²) in [4.78, 5) is 72.8. The molecule has 3 N–H and O–H groups in total. The predicted molar refractivity (Wildman–Crippen MR) is 390 cm³/mol. The summed E-state index contributed by atoms with van der Waals surface area (Å²) in [7, 11) is 4.05. The molecule has 0 unspecified atom stereocenters. The smallest absolute Gasteiger partial charge is 0.320 e. The van der Waals surface area contributed by atoms with Gasteiger partial charge in [0.05, 0.1) is 26.7 Å². The number of esters is 3. The average Bonchev–Trinajstić information content (AvgIpc) is 1.60. The van der Waals surface area contributed by atoms with Crippen LogP contribution in [0.15, 0.2) is 212 Å². The Hall–Kier alpha value is -10.7. The van der Waals surface area contributed by atoms with E-state index in [4.69, 9.17) is 14.2 Å². The Bertz CT molecular complexity index is 4530. The predicted octanol–water partition coefficient (Wildman–Crippen LogP) is 18.1. The Balaban J connectivity index is 0.000000151. The molecule has 5 atom stereocenters. The van der Waals surface area contributed by atoms with E-state index in [1.165, 1.54) is 51.7 Å². The molecule has 1 saturated carbocycles. The molecule has 5 aliphatic rings. The fraction of sp³-hybridized carbons (Fsp3) is 0.287. The number of hydrogen-bond acceptors (Lipinski definition) is 10. The summed E-state index contributed by atoms with van der Waals surface area (Å²) in [6.45, 7) is 10.3. The van der Waals surface area contributed by atoms with Crippen LogP contribution in [0.5, 0.6) is 0 Å². The number of methoxy groups -OCH3 is 3. The fourth-order valence-electron chi connectivity index (χ4n) is 15.4. The summed E-state index contributed by atoms with van der Waals surface area (Å²) in [5.41, 5.74) is 9.66. The number of allylic oxidation sites excluding steroid dienone is 4. The monoisotopic (exact) mass is 1420 g/mol. The van der Waals surface area contributed by atoms with Crippen molar-refractivity contribution in [1.82, 2.24) is 5.48 Å². The van der Waals surface area contributed by atoms with Crippen molar-refractivity contribution in [3.63, 3.8) is 0 Å². The van der Waals surface area contributed by atoms with E-state index in [2.05, 4.69) is 0 Å². The number of Topliss-reactive ketones (excluding diaryl/α,β-unsaturated/α-hetero) is 1. The lowest BCUT2D eigenvalue weighted by Gasteiger charge is -2.27. The molecule has 1 fully saturated rings. The van der Waals surface area contributed by atoms with Crippen molar-refractivity contribution in [3.05, 3.63) is 313 Å². The minimum Gasteiger partial charge on any atom is -0.480 e. The summed E-state index contributed by atoms with van der Waals surface area (Å²) in [5, 5.41) is 19.0. The molecule has 0 aromatic heterocycles. The molecule has 0 radical (unpaired) electrons. The molecule has 1 amide bonds. The zero-order chi connectivity index (χ0) is 75.3. The lowest BCUT2D eigenvalue weighted by molar-refractivity contribution is -0.148. The number of hydroxylamine groups is 1. The number of ketones is 1. The van der Waals surface area contributed by atoms with E-state index < -0.39 is 44.9 Å². The van der Waals surface area contributed by atoms with Crippen LogP contribution in [0.1, 0.15) is 150 Å². The third-order valence-corrected chi connectivity index (χ3v) is 21.1. The van der Waals surface area contributed by atoms with Crippen molar-refractivity contribution in [2.24, 2.45) is 0 Å². The van der Waals surface area contributed by atoms with Crippen molar-refractivity contribution < 1.29 is 75.2 Å². The van der Waals surface area contributed by atoms with Crippen molar-refractivity contribution >= 4 is 52.3 Å². The summed E-state index contributed by atoms with van der Waals surface area (Å²) < 4.78 is 84.0. The van der Waals surface area contributed by atoms with Gasteiger partial charge in [-0.05, 0) is 219 Å². The van der Waals surface area contributed by atoms with E-state index >= 15 is 0 Å². The number of benzene rings is 8. The Kier molecular flexibility index (Phi) is 24.7. The van der Waals surface area contributed by atoms with Gasteiger partial charge in [-0.1, -0.05) is 182 Å². The van der Waals surface area contributed by atoms with Crippen molar-refractivity contribution in [1.29, 1.82) is 0 Å². The Morgan fingerprint density at radius 1 is 0.365 bits per heavy atom. The first-order valence-corrected chi connectivity index (χ1v) is 34.5. The number of carbonyl (C=O) groups excluding carboxylic acids is 5. The Labute approximate surface area is 604 Å². The molecule has 13 rings (SSSR count). The van der Waals surface area contributed by atoms with Crippen LogP contribution in [0, 0.1) is 63.7 Å². The van der Waals surface area contributed by atoms with E-state index in [9.17, 15) is 61.0 Å². The molecule has 540 valence electrons. The molecular weight excluding hydrogens is 1330 g/mol. The second-order valence-electron chi connectivity index (χ2n) is 27.1. The van der Waals surface area contributed by atoms with E-state index in [0.717, 1.165) is 51.8 Å². The average molecular weight is 1420 g/mol. The minimum absolute atomic E-state index is 0.0176. The number of nitrogens with one attached hydrogen (secondary N) is 1. The topological polar surface area (TPSA) is 183 Å². The van der Waals surface area contributed by atoms with Crippen LogP contribution in [0.2, 0.25) is 0 Å². The molecule has 0 spiro atoms. The van der Waals surface area contributed by atoms with Gasteiger partial charge in [0.1, 0.15) is 56.5 Å². The van der Waals surface area contributed by atoms with Crippen LogP contribution in [0.3, 0.4) is 0 Å². The van der Waals surface area contributed by atoms with Crippen LogP contribution in [-0.2, 0) is 70.1 Å². The van der Waals surface area contributed by atoms with Gasteiger partial charge >= 0.3 is 23.9 Å². The number of carboxylic acids is 1. The van der Waals surface area contributed by atoms with E-state index in [-0.39, 0.29) is 53.2 Å². The first-order valence-electron chi connectivity index (χ1n) is 34.5. The lowest BCUT2D eigenvalue weighted by atomic mass is 9.76. The first-order chi connectivity index (χ1) is 49.7. The molecule has 8 aromatic rings. The Morgan fingerprint density at radius 3 is 1.01 bits per heavy atom. The van der Waals surface area contributed by atoms with Gasteiger partial charge < -0.3 is 19.3 Å². The van der Waals surface area contributed by atoms with E-state index in [0.29, 0.717) is 107 Å². The maximum Gasteiger partial charge on any atom is 0.320 e. The molecule has 0 aliphatic heterocycles. The zero-order valence-corrected chi connectivity index (χ0v) is 59.9. The number of hydrogen-bond donors (Lipinski definition) is 3. The lowest BCUT2D eigenvalue weighted by Crippen LogP contribution is -2.41. The molecule has 8 aromatic carbocycles. The third kappa shape index (κ3) is 15.6. The number of carbonyl (C=O) groups is 6. The van der Waals surface area contributed by atoms with Crippen LogP contribution in [-0.4, -0.2) is 67.2 Å². The molecule has 0 heterocycles. The van der Waals surface area contributed by atoms with Gasteiger partial charge in [0.2, 0.25) is 0 Å². The number of amides is 1. The van der Waals surface area contributed by atoms with Crippen LogP contribution < -0.4 is 5.48 Å². The SMILES string of the molecule is COC(=O)[C@@]1(c2cccc(F)c2C)CCC(=O)C1.COC(=O)[C@]1(c2cccc(F)c2C)C=C(C)CC1.COC(=O)[C@]1(c2cccc(F)c2C)C=C(c2ccccc2)CC1.Cc1c(F)cccc1[C@@]1(C(=O)NO)C=C(c2ccccc2)CC1.Cc1c(F)cccc1[C@@]1(C(=O)O)C=C(c2ccccc2)CC1. The molecule has 5 aliphatic carbocycles. The number of carboxylic acid groups (broad SMARTS) is 1. The highest BCUT2D eigenvalue weighted by Gasteiger charge is 2.50. The van der Waals surface area contributed by atoms with Gasteiger partial charge in [-0.25, -0.2) is 27.4 Å².